The van der Waals surface area contributed by atoms with Crippen molar-refractivity contribution >= 4 is 29.1 Å². The molecule has 5 heteroatoms. The first-order valence-electron chi connectivity index (χ1n) is 9.90. The van der Waals surface area contributed by atoms with Crippen molar-refractivity contribution in [3.05, 3.63) is 100 Å². The summed E-state index contributed by atoms with van der Waals surface area (Å²) in [7, 11) is 0. The molecule has 2 amide bonds. The zero-order valence-electron chi connectivity index (χ0n) is 17.0. The Bertz CT molecular complexity index is 1110. The van der Waals surface area contributed by atoms with Gasteiger partial charge in [0.2, 0.25) is 5.91 Å². The molecular weight excluding hydrogens is 396 g/mol. The van der Waals surface area contributed by atoms with Crippen LogP contribution in [0.15, 0.2) is 72.8 Å². The zero-order valence-corrected chi connectivity index (χ0v) is 17.7. The van der Waals surface area contributed by atoms with E-state index in [1.165, 1.54) is 0 Å². The topological polar surface area (TPSA) is 49.4 Å². The van der Waals surface area contributed by atoms with E-state index in [9.17, 15) is 9.59 Å². The quantitative estimate of drug-likeness (QED) is 0.653. The van der Waals surface area contributed by atoms with Gasteiger partial charge in [-0.05, 0) is 60.9 Å². The van der Waals surface area contributed by atoms with Gasteiger partial charge in [-0.25, -0.2) is 0 Å². The van der Waals surface area contributed by atoms with Gasteiger partial charge in [-0.15, -0.1) is 0 Å². The molecule has 0 radical (unpaired) electrons. The second kappa shape index (κ2) is 7.96. The number of aryl methyl sites for hydroxylation is 1. The number of rotatable bonds is 4. The summed E-state index contributed by atoms with van der Waals surface area (Å²) in [6.07, 6.45) is 0.440. The minimum atomic E-state index is -1.05. The number of anilines is 1. The van der Waals surface area contributed by atoms with E-state index in [0.29, 0.717) is 23.6 Å². The molecule has 1 N–H and O–H groups in total. The van der Waals surface area contributed by atoms with Gasteiger partial charge >= 0.3 is 0 Å². The van der Waals surface area contributed by atoms with Crippen LogP contribution >= 0.6 is 11.6 Å². The Labute approximate surface area is 181 Å². The molecule has 4 rings (SSSR count). The van der Waals surface area contributed by atoms with E-state index < -0.39 is 5.54 Å². The third-order valence-corrected chi connectivity index (χ3v) is 5.85. The highest BCUT2D eigenvalue weighted by Crippen LogP contribution is 2.35. The van der Waals surface area contributed by atoms with Gasteiger partial charge in [0, 0.05) is 29.2 Å². The average molecular weight is 419 g/mol. The van der Waals surface area contributed by atoms with E-state index in [0.717, 1.165) is 22.4 Å². The van der Waals surface area contributed by atoms with E-state index >= 15 is 0 Å². The smallest absolute Gasteiger partial charge is 0.259 e. The molecule has 3 aromatic carbocycles. The Hall–Kier alpha value is -3.11. The number of nitrogens with one attached hydrogen (secondary N) is 1. The Morgan fingerprint density at radius 2 is 1.80 bits per heavy atom. The van der Waals surface area contributed by atoms with Crippen molar-refractivity contribution in [3.63, 3.8) is 0 Å². The lowest BCUT2D eigenvalue weighted by atomic mass is 9.82. The van der Waals surface area contributed by atoms with Crippen molar-refractivity contribution in [2.75, 3.05) is 4.90 Å². The van der Waals surface area contributed by atoms with E-state index in [4.69, 9.17) is 11.6 Å². The number of fused-ring (bicyclic) bond motifs is 1. The van der Waals surface area contributed by atoms with Crippen molar-refractivity contribution in [1.29, 1.82) is 0 Å². The third kappa shape index (κ3) is 3.71. The van der Waals surface area contributed by atoms with E-state index in [-0.39, 0.29) is 11.8 Å². The summed E-state index contributed by atoms with van der Waals surface area (Å²) in [6, 6.07) is 22.6. The fourth-order valence-electron chi connectivity index (χ4n) is 4.00. The van der Waals surface area contributed by atoms with Crippen molar-refractivity contribution in [2.24, 2.45) is 0 Å². The van der Waals surface area contributed by atoms with Crippen molar-refractivity contribution in [2.45, 2.75) is 32.4 Å². The molecule has 1 aliphatic heterocycles. The van der Waals surface area contributed by atoms with Gasteiger partial charge in [0.15, 0.2) is 0 Å². The molecule has 0 fully saturated rings. The second-order valence-electron chi connectivity index (χ2n) is 7.90. The molecule has 152 valence electrons. The number of carbonyl (C=O) groups is 2. The Kier molecular flexibility index (Phi) is 5.35. The summed E-state index contributed by atoms with van der Waals surface area (Å²) in [5.41, 5.74) is 3.17. The highest BCUT2D eigenvalue weighted by atomic mass is 35.5. The summed E-state index contributed by atoms with van der Waals surface area (Å²) in [4.78, 5) is 28.6. The maximum atomic E-state index is 13.5. The molecule has 0 unspecified atom stereocenters. The predicted molar refractivity (Wildman–Crippen MR) is 120 cm³/mol. The molecule has 1 heterocycles. The normalized spacial score (nSPS) is 18.1. The summed E-state index contributed by atoms with van der Waals surface area (Å²) in [6.45, 7) is 4.17. The number of nitrogens with zero attached hydrogens (tertiary/aromatic N) is 1. The average Bonchev–Trinajstić information content (AvgIpc) is 2.73. The molecule has 0 spiro atoms. The van der Waals surface area contributed by atoms with Crippen LogP contribution in [-0.2, 0) is 17.8 Å². The SMILES string of the molecule is Cc1cccc(N2C(=O)c3ccccc3C[C@@]2(C)C(=O)NCc2ccc(Cl)cc2)c1. The highest BCUT2D eigenvalue weighted by molar-refractivity contribution is 6.30. The van der Waals surface area contributed by atoms with Crippen LogP contribution in [0.1, 0.15) is 34.0 Å². The molecular formula is C25H23ClN2O2. The maximum Gasteiger partial charge on any atom is 0.259 e. The Morgan fingerprint density at radius 3 is 2.53 bits per heavy atom. The van der Waals surface area contributed by atoms with E-state index in [1.54, 1.807) is 17.0 Å². The van der Waals surface area contributed by atoms with Gasteiger partial charge < -0.3 is 5.32 Å². The fourth-order valence-corrected chi connectivity index (χ4v) is 4.13. The monoisotopic (exact) mass is 418 g/mol. The third-order valence-electron chi connectivity index (χ3n) is 5.59. The van der Waals surface area contributed by atoms with Gasteiger partial charge in [-0.1, -0.05) is 54.1 Å². The number of amides is 2. The zero-order chi connectivity index (χ0) is 21.3. The number of carbonyl (C=O) groups excluding carboxylic acids is 2. The summed E-state index contributed by atoms with van der Waals surface area (Å²) in [5, 5.41) is 3.67. The van der Waals surface area contributed by atoms with Gasteiger partial charge in [0.05, 0.1) is 0 Å². The minimum Gasteiger partial charge on any atom is -0.350 e. The van der Waals surface area contributed by atoms with Crippen LogP contribution in [-0.4, -0.2) is 17.4 Å². The summed E-state index contributed by atoms with van der Waals surface area (Å²) >= 11 is 5.95. The molecule has 0 saturated carbocycles. The molecule has 1 aliphatic rings. The number of benzene rings is 3. The number of halogens is 1. The van der Waals surface area contributed by atoms with Crippen LogP contribution in [0.5, 0.6) is 0 Å². The van der Waals surface area contributed by atoms with Gasteiger partial charge in [-0.2, -0.15) is 0 Å². The lowest BCUT2D eigenvalue weighted by molar-refractivity contribution is -0.126. The molecule has 1 atom stereocenters. The van der Waals surface area contributed by atoms with Crippen LogP contribution in [0.25, 0.3) is 0 Å². The highest BCUT2D eigenvalue weighted by Gasteiger charge is 2.47. The molecule has 30 heavy (non-hydrogen) atoms. The standard InChI is InChI=1S/C25H23ClN2O2/c1-17-6-5-8-21(14-17)28-23(29)22-9-4-3-7-19(22)15-25(28,2)24(30)27-16-18-10-12-20(26)13-11-18/h3-14H,15-16H2,1-2H3,(H,27,30)/t25-/m0/s1. The number of hydrogen-bond donors (Lipinski definition) is 1. The minimum absolute atomic E-state index is 0.161. The molecule has 0 aromatic heterocycles. The second-order valence-corrected chi connectivity index (χ2v) is 8.33. The fraction of sp³-hybridized carbons (Fsp3) is 0.200. The molecule has 0 aliphatic carbocycles. The Balaban J connectivity index is 1.70. The molecule has 0 saturated heterocycles. The van der Waals surface area contributed by atoms with Gasteiger partial charge in [-0.3, -0.25) is 14.5 Å². The van der Waals surface area contributed by atoms with Crippen LogP contribution < -0.4 is 10.2 Å². The van der Waals surface area contributed by atoms with Crippen LogP contribution in [0.2, 0.25) is 5.02 Å². The van der Waals surface area contributed by atoms with Crippen molar-refractivity contribution in [1.82, 2.24) is 5.32 Å². The molecule has 3 aromatic rings. The summed E-state index contributed by atoms with van der Waals surface area (Å²) in [5.74, 6) is -0.353. The lowest BCUT2D eigenvalue weighted by Gasteiger charge is -2.44. The van der Waals surface area contributed by atoms with E-state index in [2.05, 4.69) is 5.32 Å². The van der Waals surface area contributed by atoms with Gasteiger partial charge in [0.1, 0.15) is 5.54 Å². The Morgan fingerprint density at radius 1 is 1.07 bits per heavy atom. The predicted octanol–water partition coefficient (Wildman–Crippen LogP) is 4.93. The van der Waals surface area contributed by atoms with Crippen LogP contribution in [0.3, 0.4) is 0 Å². The van der Waals surface area contributed by atoms with E-state index in [1.807, 2.05) is 74.5 Å². The first-order valence-corrected chi connectivity index (χ1v) is 10.3. The van der Waals surface area contributed by atoms with Crippen molar-refractivity contribution in [3.8, 4) is 0 Å². The molecule has 4 nitrogen and oxygen atoms in total. The number of hydrogen-bond acceptors (Lipinski definition) is 2. The van der Waals surface area contributed by atoms with Crippen LogP contribution in [0, 0.1) is 6.92 Å². The van der Waals surface area contributed by atoms with Crippen molar-refractivity contribution < 1.29 is 9.59 Å². The van der Waals surface area contributed by atoms with Gasteiger partial charge in [0.25, 0.3) is 5.91 Å². The summed E-state index contributed by atoms with van der Waals surface area (Å²) < 4.78 is 0. The van der Waals surface area contributed by atoms with Crippen LogP contribution in [0.4, 0.5) is 5.69 Å². The molecule has 0 bridgehead atoms. The largest absolute Gasteiger partial charge is 0.350 e. The lowest BCUT2D eigenvalue weighted by Crippen LogP contribution is -2.63. The first kappa shape index (κ1) is 20.2. The maximum absolute atomic E-state index is 13.5. The first-order chi connectivity index (χ1) is 14.4.